The third kappa shape index (κ3) is 4.08. The number of carbonyl (C=O) groups excluding carboxylic acids is 2. The standard InChI is InChI=1S/C24H24FN5O2/c1-13(2)30-22-20(12-27-30)18(10-21(29-22)16-5-7-17(25)8-6-16)23(31)26-11-19-14(3)9-15(4)28-24(19)32/h5-10,12-13,19H,11H2,1-4H3,(H,26,31). The summed E-state index contributed by atoms with van der Waals surface area (Å²) in [6.07, 6.45) is 3.47. The zero-order valence-electron chi connectivity index (χ0n) is 18.4. The molecule has 4 rings (SSSR count). The number of aliphatic imine (C=N–C) groups is 1. The Bertz CT molecular complexity index is 1270. The van der Waals surface area contributed by atoms with Crippen molar-refractivity contribution in [3.63, 3.8) is 0 Å². The highest BCUT2D eigenvalue weighted by Gasteiger charge is 2.25. The predicted molar refractivity (Wildman–Crippen MR) is 121 cm³/mol. The molecule has 0 saturated heterocycles. The number of rotatable bonds is 5. The summed E-state index contributed by atoms with van der Waals surface area (Å²) in [6, 6.07) is 7.66. The number of hydrogen-bond acceptors (Lipinski definition) is 4. The van der Waals surface area contributed by atoms with E-state index < -0.39 is 5.92 Å². The molecule has 0 bridgehead atoms. The highest BCUT2D eigenvalue weighted by atomic mass is 19.1. The lowest BCUT2D eigenvalue weighted by Crippen LogP contribution is -2.34. The second kappa shape index (κ2) is 8.45. The molecular weight excluding hydrogens is 409 g/mol. The average molecular weight is 433 g/mol. The summed E-state index contributed by atoms with van der Waals surface area (Å²) in [7, 11) is 0. The minimum absolute atomic E-state index is 0.0353. The van der Waals surface area contributed by atoms with Gasteiger partial charge in [0.2, 0.25) is 0 Å². The van der Waals surface area contributed by atoms with Crippen molar-refractivity contribution in [2.24, 2.45) is 10.9 Å². The van der Waals surface area contributed by atoms with Crippen LogP contribution in [0, 0.1) is 11.7 Å². The third-order valence-electron chi connectivity index (χ3n) is 5.48. The molecule has 32 heavy (non-hydrogen) atoms. The van der Waals surface area contributed by atoms with E-state index in [9.17, 15) is 14.0 Å². The fourth-order valence-electron chi connectivity index (χ4n) is 3.80. The van der Waals surface area contributed by atoms with Crippen molar-refractivity contribution in [3.05, 3.63) is 59.6 Å². The summed E-state index contributed by atoms with van der Waals surface area (Å²) in [5.74, 6) is -1.44. The van der Waals surface area contributed by atoms with Gasteiger partial charge >= 0.3 is 0 Å². The summed E-state index contributed by atoms with van der Waals surface area (Å²) in [6.45, 7) is 7.73. The molecule has 2 aromatic heterocycles. The molecule has 0 aliphatic carbocycles. The van der Waals surface area contributed by atoms with Gasteiger partial charge in [-0.2, -0.15) is 5.10 Å². The first-order valence-corrected chi connectivity index (χ1v) is 10.4. The van der Waals surface area contributed by atoms with Crippen molar-refractivity contribution in [2.45, 2.75) is 33.7 Å². The number of benzene rings is 1. The van der Waals surface area contributed by atoms with E-state index in [0.717, 1.165) is 5.57 Å². The van der Waals surface area contributed by atoms with E-state index in [2.05, 4.69) is 15.4 Å². The van der Waals surface area contributed by atoms with Crippen LogP contribution in [0.4, 0.5) is 4.39 Å². The van der Waals surface area contributed by atoms with Crippen LogP contribution in [-0.4, -0.2) is 38.8 Å². The van der Waals surface area contributed by atoms with E-state index in [1.165, 1.54) is 12.1 Å². The lowest BCUT2D eigenvalue weighted by molar-refractivity contribution is -0.120. The molecule has 3 aromatic rings. The highest BCUT2D eigenvalue weighted by molar-refractivity contribution is 6.08. The Morgan fingerprint density at radius 1 is 1.22 bits per heavy atom. The van der Waals surface area contributed by atoms with Crippen molar-refractivity contribution >= 4 is 28.6 Å². The van der Waals surface area contributed by atoms with E-state index in [1.54, 1.807) is 36.0 Å². The summed E-state index contributed by atoms with van der Waals surface area (Å²) < 4.78 is 15.2. The number of allylic oxidation sites excluding steroid dienone is 1. The molecule has 1 aliphatic heterocycles. The molecule has 1 aliphatic rings. The first kappa shape index (κ1) is 21.5. The van der Waals surface area contributed by atoms with Gasteiger partial charge < -0.3 is 5.32 Å². The Labute approximate surface area is 185 Å². The Kier molecular flexibility index (Phi) is 5.69. The summed E-state index contributed by atoms with van der Waals surface area (Å²) in [5.41, 5.74) is 3.71. The second-order valence-electron chi connectivity index (χ2n) is 8.22. The third-order valence-corrected chi connectivity index (χ3v) is 5.48. The molecule has 3 heterocycles. The van der Waals surface area contributed by atoms with Gasteiger partial charge in [0, 0.05) is 23.9 Å². The molecule has 0 saturated carbocycles. The Morgan fingerprint density at radius 2 is 1.94 bits per heavy atom. The average Bonchev–Trinajstić information content (AvgIpc) is 3.17. The van der Waals surface area contributed by atoms with Crippen LogP contribution in [0.25, 0.3) is 22.3 Å². The van der Waals surface area contributed by atoms with Crippen LogP contribution in [-0.2, 0) is 4.79 Å². The minimum atomic E-state index is -0.491. The van der Waals surface area contributed by atoms with Crippen LogP contribution >= 0.6 is 0 Å². The van der Waals surface area contributed by atoms with Gasteiger partial charge in [-0.15, -0.1) is 0 Å². The predicted octanol–water partition coefficient (Wildman–Crippen LogP) is 4.11. The second-order valence-corrected chi connectivity index (χ2v) is 8.22. The monoisotopic (exact) mass is 433 g/mol. The number of amides is 2. The van der Waals surface area contributed by atoms with Crippen LogP contribution in [0.5, 0.6) is 0 Å². The molecule has 0 spiro atoms. The SMILES string of the molecule is CC1=CC(C)=NC(=O)C1CNC(=O)c1cc(-c2ccc(F)cc2)nc2c1cnn2C(C)C. The molecule has 164 valence electrons. The largest absolute Gasteiger partial charge is 0.351 e. The number of carbonyl (C=O) groups is 2. The molecule has 7 nitrogen and oxygen atoms in total. The molecular formula is C24H24FN5O2. The van der Waals surface area contributed by atoms with Crippen LogP contribution in [0.1, 0.15) is 44.1 Å². The summed E-state index contributed by atoms with van der Waals surface area (Å²) >= 11 is 0. The van der Waals surface area contributed by atoms with Crippen molar-refractivity contribution < 1.29 is 14.0 Å². The van der Waals surface area contributed by atoms with Gasteiger partial charge in [0.15, 0.2) is 5.65 Å². The summed E-state index contributed by atoms with van der Waals surface area (Å²) in [5, 5.41) is 7.88. The fraction of sp³-hybridized carbons (Fsp3) is 0.292. The molecule has 0 radical (unpaired) electrons. The van der Waals surface area contributed by atoms with E-state index >= 15 is 0 Å². The number of dihydropyridines is 1. The minimum Gasteiger partial charge on any atom is -0.351 e. The molecule has 8 heteroatoms. The van der Waals surface area contributed by atoms with Gasteiger partial charge in [0.1, 0.15) is 5.82 Å². The highest BCUT2D eigenvalue weighted by Crippen LogP contribution is 2.27. The maximum atomic E-state index is 13.4. The zero-order chi connectivity index (χ0) is 23.0. The zero-order valence-corrected chi connectivity index (χ0v) is 18.4. The molecule has 1 aromatic carbocycles. The van der Waals surface area contributed by atoms with E-state index in [-0.39, 0.29) is 30.2 Å². The molecule has 1 N–H and O–H groups in total. The van der Waals surface area contributed by atoms with Crippen LogP contribution < -0.4 is 5.32 Å². The van der Waals surface area contributed by atoms with Crippen molar-refractivity contribution in [1.29, 1.82) is 0 Å². The number of nitrogens with one attached hydrogen (secondary N) is 1. The Hall–Kier alpha value is -3.68. The Morgan fingerprint density at radius 3 is 2.59 bits per heavy atom. The topological polar surface area (TPSA) is 89.2 Å². The normalized spacial score (nSPS) is 16.3. The first-order valence-electron chi connectivity index (χ1n) is 10.4. The molecule has 0 fully saturated rings. The van der Waals surface area contributed by atoms with Gasteiger partial charge in [-0.25, -0.2) is 19.0 Å². The Balaban J connectivity index is 1.70. The number of hydrogen-bond donors (Lipinski definition) is 1. The maximum Gasteiger partial charge on any atom is 0.254 e. The number of fused-ring (bicyclic) bond motifs is 1. The number of pyridine rings is 1. The molecule has 1 unspecified atom stereocenters. The molecule has 2 amide bonds. The van der Waals surface area contributed by atoms with Crippen LogP contribution in [0.2, 0.25) is 0 Å². The van der Waals surface area contributed by atoms with Gasteiger partial charge in [0.05, 0.1) is 28.8 Å². The lowest BCUT2D eigenvalue weighted by atomic mass is 9.95. The van der Waals surface area contributed by atoms with Gasteiger partial charge in [0.25, 0.3) is 11.8 Å². The lowest BCUT2D eigenvalue weighted by Gasteiger charge is -2.19. The van der Waals surface area contributed by atoms with E-state index in [4.69, 9.17) is 4.98 Å². The van der Waals surface area contributed by atoms with Crippen molar-refractivity contribution in [1.82, 2.24) is 20.1 Å². The number of nitrogens with zero attached hydrogens (tertiary/aromatic N) is 4. The maximum absolute atomic E-state index is 13.4. The summed E-state index contributed by atoms with van der Waals surface area (Å²) in [4.78, 5) is 34.2. The fourth-order valence-corrected chi connectivity index (χ4v) is 3.80. The van der Waals surface area contributed by atoms with Gasteiger partial charge in [-0.1, -0.05) is 5.57 Å². The van der Waals surface area contributed by atoms with Gasteiger partial charge in [-0.3, -0.25) is 9.59 Å². The van der Waals surface area contributed by atoms with E-state index in [0.29, 0.717) is 33.6 Å². The van der Waals surface area contributed by atoms with Crippen LogP contribution in [0.3, 0.4) is 0 Å². The first-order chi connectivity index (χ1) is 15.2. The van der Waals surface area contributed by atoms with E-state index in [1.807, 2.05) is 26.8 Å². The number of halogens is 1. The van der Waals surface area contributed by atoms with Crippen molar-refractivity contribution in [2.75, 3.05) is 6.54 Å². The molecule has 1 atom stereocenters. The smallest absolute Gasteiger partial charge is 0.254 e. The number of aromatic nitrogens is 3. The van der Waals surface area contributed by atoms with Gasteiger partial charge in [-0.05, 0) is 64.1 Å². The van der Waals surface area contributed by atoms with Crippen molar-refractivity contribution in [3.8, 4) is 11.3 Å². The quantitative estimate of drug-likeness (QED) is 0.656. The van der Waals surface area contributed by atoms with Crippen LogP contribution in [0.15, 0.2) is 53.2 Å².